The number of ether oxygens (including phenoxy) is 2. The summed E-state index contributed by atoms with van der Waals surface area (Å²) in [7, 11) is 0. The molecule has 0 aliphatic carbocycles. The lowest BCUT2D eigenvalue weighted by molar-refractivity contribution is 0.287. The predicted octanol–water partition coefficient (Wildman–Crippen LogP) is 4.59. The van der Waals surface area contributed by atoms with Crippen LogP contribution in [0.1, 0.15) is 52.1 Å². The third kappa shape index (κ3) is 4.57. The van der Waals surface area contributed by atoms with E-state index in [1.165, 1.54) is 0 Å². The van der Waals surface area contributed by atoms with Crippen LogP contribution in [0.5, 0.6) is 11.5 Å². The number of halogens is 1. The molecule has 114 valence electrons. The Balaban J connectivity index is 3.08. The monoisotopic (exact) mass is 299 g/mol. The second kappa shape index (κ2) is 9.09. The molecule has 1 N–H and O–H groups in total. The highest BCUT2D eigenvalue weighted by atomic mass is 35.5. The molecular formula is C16H26ClNO2. The maximum absolute atomic E-state index is 6.41. The van der Waals surface area contributed by atoms with Gasteiger partial charge in [-0.1, -0.05) is 25.4 Å². The summed E-state index contributed by atoms with van der Waals surface area (Å²) in [5.74, 6) is 1.49. The van der Waals surface area contributed by atoms with Gasteiger partial charge in [0.25, 0.3) is 0 Å². The summed E-state index contributed by atoms with van der Waals surface area (Å²) < 4.78 is 11.3. The van der Waals surface area contributed by atoms with Crippen LogP contribution in [0, 0.1) is 0 Å². The summed E-state index contributed by atoms with van der Waals surface area (Å²) in [4.78, 5) is 0. The first-order chi connectivity index (χ1) is 9.67. The molecule has 1 aromatic carbocycles. The van der Waals surface area contributed by atoms with E-state index in [1.807, 2.05) is 26.0 Å². The predicted molar refractivity (Wildman–Crippen MR) is 85.1 cm³/mol. The second-order valence-electron chi connectivity index (χ2n) is 4.60. The molecule has 1 rings (SSSR count). The first-order valence-electron chi connectivity index (χ1n) is 7.50. The van der Waals surface area contributed by atoms with Crippen LogP contribution in [-0.2, 0) is 0 Å². The van der Waals surface area contributed by atoms with Crippen molar-refractivity contribution in [2.24, 2.45) is 0 Å². The van der Waals surface area contributed by atoms with Crippen molar-refractivity contribution in [2.45, 2.75) is 46.6 Å². The highest BCUT2D eigenvalue weighted by Crippen LogP contribution is 2.37. The van der Waals surface area contributed by atoms with Crippen molar-refractivity contribution in [3.8, 4) is 11.5 Å². The van der Waals surface area contributed by atoms with Gasteiger partial charge in [0, 0.05) is 17.1 Å². The van der Waals surface area contributed by atoms with Crippen molar-refractivity contribution in [3.63, 3.8) is 0 Å². The van der Waals surface area contributed by atoms with Gasteiger partial charge in [-0.15, -0.1) is 0 Å². The van der Waals surface area contributed by atoms with Gasteiger partial charge in [0.2, 0.25) is 0 Å². The Kier molecular flexibility index (Phi) is 7.78. The molecule has 1 atom stereocenters. The molecule has 0 aliphatic heterocycles. The Bertz CT molecular complexity index is 410. The number of benzene rings is 1. The third-order valence-corrected chi connectivity index (χ3v) is 3.41. The van der Waals surface area contributed by atoms with Crippen molar-refractivity contribution in [1.29, 1.82) is 0 Å². The minimum atomic E-state index is 0.248. The van der Waals surface area contributed by atoms with Gasteiger partial charge in [0.05, 0.1) is 13.2 Å². The smallest absolute Gasteiger partial charge is 0.162 e. The van der Waals surface area contributed by atoms with Gasteiger partial charge < -0.3 is 14.8 Å². The third-order valence-electron chi connectivity index (χ3n) is 3.09. The highest BCUT2D eigenvalue weighted by molar-refractivity contribution is 6.31. The Morgan fingerprint density at radius 1 is 1.05 bits per heavy atom. The van der Waals surface area contributed by atoms with Gasteiger partial charge >= 0.3 is 0 Å². The summed E-state index contributed by atoms with van der Waals surface area (Å²) in [6.07, 6.45) is 2.09. The van der Waals surface area contributed by atoms with Crippen LogP contribution < -0.4 is 14.8 Å². The van der Waals surface area contributed by atoms with E-state index in [1.54, 1.807) is 0 Å². The molecule has 0 spiro atoms. The van der Waals surface area contributed by atoms with E-state index in [0.717, 1.165) is 35.7 Å². The zero-order valence-corrected chi connectivity index (χ0v) is 13.7. The molecule has 20 heavy (non-hydrogen) atoms. The average Bonchev–Trinajstić information content (AvgIpc) is 2.44. The average molecular weight is 300 g/mol. The van der Waals surface area contributed by atoms with Gasteiger partial charge in [-0.25, -0.2) is 0 Å². The maximum Gasteiger partial charge on any atom is 0.162 e. The van der Waals surface area contributed by atoms with Crippen molar-refractivity contribution in [3.05, 3.63) is 22.7 Å². The number of nitrogens with one attached hydrogen (secondary N) is 1. The van der Waals surface area contributed by atoms with Crippen LogP contribution in [0.3, 0.4) is 0 Å². The van der Waals surface area contributed by atoms with Crippen molar-refractivity contribution >= 4 is 11.6 Å². The molecule has 0 saturated heterocycles. The molecule has 0 fully saturated rings. The Labute approximate surface area is 127 Å². The van der Waals surface area contributed by atoms with E-state index in [9.17, 15) is 0 Å². The minimum Gasteiger partial charge on any atom is -0.490 e. The second-order valence-corrected chi connectivity index (χ2v) is 5.01. The largest absolute Gasteiger partial charge is 0.490 e. The molecule has 0 heterocycles. The fraction of sp³-hybridized carbons (Fsp3) is 0.625. The molecule has 3 nitrogen and oxygen atoms in total. The van der Waals surface area contributed by atoms with E-state index >= 15 is 0 Å². The fourth-order valence-electron chi connectivity index (χ4n) is 2.15. The normalized spacial score (nSPS) is 12.2. The molecule has 0 radical (unpaired) electrons. The molecule has 4 heteroatoms. The van der Waals surface area contributed by atoms with Crippen LogP contribution in [0.2, 0.25) is 5.02 Å². The first-order valence-corrected chi connectivity index (χ1v) is 7.87. The molecular weight excluding hydrogens is 274 g/mol. The van der Waals surface area contributed by atoms with E-state index < -0.39 is 0 Å². The lowest BCUT2D eigenvalue weighted by atomic mass is 10.0. The highest BCUT2D eigenvalue weighted by Gasteiger charge is 2.17. The Morgan fingerprint density at radius 3 is 2.15 bits per heavy atom. The van der Waals surface area contributed by atoms with Gasteiger partial charge in [-0.05, 0) is 44.9 Å². The summed E-state index contributed by atoms with van der Waals surface area (Å²) >= 11 is 6.41. The molecule has 1 aromatic rings. The summed E-state index contributed by atoms with van der Waals surface area (Å²) in [6.45, 7) is 10.4. The molecule has 0 bridgehead atoms. The van der Waals surface area contributed by atoms with E-state index in [2.05, 4.69) is 19.2 Å². The van der Waals surface area contributed by atoms with Crippen molar-refractivity contribution in [1.82, 2.24) is 5.32 Å². The standard InChI is InChI=1S/C16H26ClNO2/c1-5-9-18-14(6-2)12-10-15(19-7-3)16(20-8-4)11-13(12)17/h10-11,14,18H,5-9H2,1-4H3. The number of hydrogen-bond acceptors (Lipinski definition) is 3. The van der Waals surface area contributed by atoms with E-state index in [4.69, 9.17) is 21.1 Å². The molecule has 1 unspecified atom stereocenters. The van der Waals surface area contributed by atoms with Gasteiger partial charge in [-0.3, -0.25) is 0 Å². The summed E-state index contributed by atoms with van der Waals surface area (Å²) in [5, 5.41) is 4.25. The molecule has 0 aromatic heterocycles. The molecule has 0 saturated carbocycles. The lowest BCUT2D eigenvalue weighted by Crippen LogP contribution is -2.21. The minimum absolute atomic E-state index is 0.248. The van der Waals surface area contributed by atoms with Gasteiger partial charge in [0.1, 0.15) is 0 Å². The van der Waals surface area contributed by atoms with Crippen molar-refractivity contribution in [2.75, 3.05) is 19.8 Å². The lowest BCUT2D eigenvalue weighted by Gasteiger charge is -2.21. The summed E-state index contributed by atoms with van der Waals surface area (Å²) in [6, 6.07) is 4.12. The Hall–Kier alpha value is -0.930. The van der Waals surface area contributed by atoms with Crippen LogP contribution in [0.15, 0.2) is 12.1 Å². The van der Waals surface area contributed by atoms with Gasteiger partial charge in [0.15, 0.2) is 11.5 Å². The number of hydrogen-bond donors (Lipinski definition) is 1. The zero-order valence-electron chi connectivity index (χ0n) is 13.0. The fourth-order valence-corrected chi connectivity index (χ4v) is 2.43. The van der Waals surface area contributed by atoms with Crippen LogP contribution in [0.25, 0.3) is 0 Å². The summed E-state index contributed by atoms with van der Waals surface area (Å²) in [5.41, 5.74) is 1.08. The van der Waals surface area contributed by atoms with Gasteiger partial charge in [-0.2, -0.15) is 0 Å². The zero-order chi connectivity index (χ0) is 15.0. The topological polar surface area (TPSA) is 30.5 Å². The van der Waals surface area contributed by atoms with Crippen molar-refractivity contribution < 1.29 is 9.47 Å². The van der Waals surface area contributed by atoms with Crippen LogP contribution in [-0.4, -0.2) is 19.8 Å². The van der Waals surface area contributed by atoms with Crippen LogP contribution in [0.4, 0.5) is 0 Å². The molecule has 0 amide bonds. The quantitative estimate of drug-likeness (QED) is 0.723. The first kappa shape index (κ1) is 17.1. The Morgan fingerprint density at radius 2 is 1.65 bits per heavy atom. The van der Waals surface area contributed by atoms with E-state index in [0.29, 0.717) is 19.0 Å². The van der Waals surface area contributed by atoms with E-state index in [-0.39, 0.29) is 6.04 Å². The molecule has 0 aliphatic rings. The SMILES string of the molecule is CCCNC(CC)c1cc(OCC)c(OCC)cc1Cl. The van der Waals surface area contributed by atoms with Crippen LogP contribution >= 0.6 is 11.6 Å². The maximum atomic E-state index is 6.41. The number of rotatable bonds is 9.